The summed E-state index contributed by atoms with van der Waals surface area (Å²) in [4.78, 5) is 7.06. The van der Waals surface area contributed by atoms with Gasteiger partial charge >= 0.3 is 6.18 Å². The normalized spacial score (nSPS) is 11.7. The SMILES string of the molecule is FC(F)(F)c1ccc(CNCCc2ncc[nH]2)cc1. The summed E-state index contributed by atoms with van der Waals surface area (Å²) in [7, 11) is 0. The summed E-state index contributed by atoms with van der Waals surface area (Å²) in [6.45, 7) is 1.26. The van der Waals surface area contributed by atoms with E-state index in [1.807, 2.05) is 0 Å². The third kappa shape index (κ3) is 4.10. The predicted molar refractivity (Wildman–Crippen MR) is 65.4 cm³/mol. The fourth-order valence-corrected chi connectivity index (χ4v) is 1.69. The van der Waals surface area contributed by atoms with E-state index in [4.69, 9.17) is 0 Å². The molecule has 6 heteroatoms. The van der Waals surface area contributed by atoms with E-state index in [1.54, 1.807) is 12.4 Å². The van der Waals surface area contributed by atoms with Crippen molar-refractivity contribution in [3.8, 4) is 0 Å². The molecule has 1 aromatic heterocycles. The molecule has 1 aromatic carbocycles. The highest BCUT2D eigenvalue weighted by Gasteiger charge is 2.29. The number of nitrogens with one attached hydrogen (secondary N) is 2. The largest absolute Gasteiger partial charge is 0.416 e. The van der Waals surface area contributed by atoms with Gasteiger partial charge in [0.1, 0.15) is 5.82 Å². The third-order valence-corrected chi connectivity index (χ3v) is 2.70. The van der Waals surface area contributed by atoms with Crippen LogP contribution in [0.3, 0.4) is 0 Å². The second kappa shape index (κ2) is 5.88. The Morgan fingerprint density at radius 3 is 2.47 bits per heavy atom. The maximum Gasteiger partial charge on any atom is 0.416 e. The average Bonchev–Trinajstić information content (AvgIpc) is 2.87. The van der Waals surface area contributed by atoms with Gasteiger partial charge in [0.15, 0.2) is 0 Å². The lowest BCUT2D eigenvalue weighted by Gasteiger charge is -2.08. The Kier molecular flexibility index (Phi) is 4.21. The number of aromatic nitrogens is 2. The van der Waals surface area contributed by atoms with E-state index in [1.165, 1.54) is 12.1 Å². The maximum atomic E-state index is 12.4. The molecule has 0 bridgehead atoms. The number of imidazole rings is 1. The Morgan fingerprint density at radius 2 is 1.89 bits per heavy atom. The first kappa shape index (κ1) is 13.6. The molecule has 0 aliphatic heterocycles. The van der Waals surface area contributed by atoms with Crippen LogP contribution in [0, 0.1) is 0 Å². The summed E-state index contributed by atoms with van der Waals surface area (Å²) in [6, 6.07) is 5.18. The van der Waals surface area contributed by atoms with E-state index in [9.17, 15) is 13.2 Å². The van der Waals surface area contributed by atoms with Crippen molar-refractivity contribution in [2.24, 2.45) is 0 Å². The van der Waals surface area contributed by atoms with Crippen LogP contribution in [-0.2, 0) is 19.1 Å². The zero-order valence-electron chi connectivity index (χ0n) is 10.2. The van der Waals surface area contributed by atoms with Gasteiger partial charge in [-0.25, -0.2) is 4.98 Å². The van der Waals surface area contributed by atoms with Crippen molar-refractivity contribution in [1.29, 1.82) is 0 Å². The summed E-state index contributed by atoms with van der Waals surface area (Å²) in [5, 5.41) is 3.16. The summed E-state index contributed by atoms with van der Waals surface area (Å²) < 4.78 is 37.1. The molecule has 0 atom stereocenters. The highest BCUT2D eigenvalue weighted by atomic mass is 19.4. The molecule has 2 aromatic rings. The predicted octanol–water partition coefficient (Wildman–Crippen LogP) is 2.76. The number of benzene rings is 1. The van der Waals surface area contributed by atoms with E-state index < -0.39 is 11.7 Å². The molecule has 0 aliphatic rings. The molecule has 19 heavy (non-hydrogen) atoms. The molecule has 0 spiro atoms. The number of hydrogen-bond acceptors (Lipinski definition) is 2. The Morgan fingerprint density at radius 1 is 1.16 bits per heavy atom. The first-order chi connectivity index (χ1) is 9.05. The molecule has 0 amide bonds. The van der Waals surface area contributed by atoms with Crippen LogP contribution in [0.1, 0.15) is 17.0 Å². The van der Waals surface area contributed by atoms with Crippen LogP contribution >= 0.6 is 0 Å². The van der Waals surface area contributed by atoms with E-state index in [0.717, 1.165) is 29.9 Å². The molecule has 2 rings (SSSR count). The van der Waals surface area contributed by atoms with Crippen molar-refractivity contribution in [2.45, 2.75) is 19.1 Å². The van der Waals surface area contributed by atoms with Crippen molar-refractivity contribution < 1.29 is 13.2 Å². The molecule has 0 saturated heterocycles. The van der Waals surface area contributed by atoms with Gasteiger partial charge in [-0.2, -0.15) is 13.2 Å². The standard InChI is InChI=1S/C13H14F3N3/c14-13(15,16)11-3-1-10(2-4-11)9-17-6-5-12-18-7-8-19-12/h1-4,7-8,17H,5-6,9H2,(H,18,19). The zero-order valence-corrected chi connectivity index (χ0v) is 10.2. The average molecular weight is 269 g/mol. The van der Waals surface area contributed by atoms with E-state index in [0.29, 0.717) is 13.1 Å². The minimum absolute atomic E-state index is 0.541. The minimum atomic E-state index is -4.27. The monoisotopic (exact) mass is 269 g/mol. The molecule has 0 radical (unpaired) electrons. The summed E-state index contributed by atoms with van der Waals surface area (Å²) in [6.07, 6.45) is -0.0741. The number of rotatable bonds is 5. The molecular weight excluding hydrogens is 255 g/mol. The Labute approximate surface area is 108 Å². The first-order valence-corrected chi connectivity index (χ1v) is 5.91. The smallest absolute Gasteiger partial charge is 0.349 e. The number of halogens is 3. The van der Waals surface area contributed by atoms with Gasteiger partial charge in [-0.15, -0.1) is 0 Å². The van der Waals surface area contributed by atoms with Gasteiger partial charge in [-0.1, -0.05) is 12.1 Å². The van der Waals surface area contributed by atoms with E-state index >= 15 is 0 Å². The van der Waals surface area contributed by atoms with Crippen molar-refractivity contribution >= 4 is 0 Å². The lowest BCUT2D eigenvalue weighted by molar-refractivity contribution is -0.137. The van der Waals surface area contributed by atoms with Crippen molar-refractivity contribution in [1.82, 2.24) is 15.3 Å². The fraction of sp³-hybridized carbons (Fsp3) is 0.308. The highest BCUT2D eigenvalue weighted by Crippen LogP contribution is 2.28. The van der Waals surface area contributed by atoms with E-state index in [-0.39, 0.29) is 0 Å². The van der Waals surface area contributed by atoms with Gasteiger partial charge in [0, 0.05) is 31.9 Å². The van der Waals surface area contributed by atoms with Gasteiger partial charge < -0.3 is 10.3 Å². The highest BCUT2D eigenvalue weighted by molar-refractivity contribution is 5.24. The molecule has 3 nitrogen and oxygen atoms in total. The van der Waals surface area contributed by atoms with Gasteiger partial charge in [0.2, 0.25) is 0 Å². The number of aromatic amines is 1. The van der Waals surface area contributed by atoms with Crippen LogP contribution in [-0.4, -0.2) is 16.5 Å². The quantitative estimate of drug-likeness (QED) is 0.819. The van der Waals surface area contributed by atoms with Crippen LogP contribution < -0.4 is 5.32 Å². The van der Waals surface area contributed by atoms with Gasteiger partial charge in [-0.3, -0.25) is 0 Å². The molecule has 102 valence electrons. The molecule has 0 fully saturated rings. The van der Waals surface area contributed by atoms with Crippen LogP contribution in [0.2, 0.25) is 0 Å². The van der Waals surface area contributed by atoms with Gasteiger partial charge in [0.25, 0.3) is 0 Å². The first-order valence-electron chi connectivity index (χ1n) is 5.91. The molecule has 0 saturated carbocycles. The molecule has 1 heterocycles. The Hall–Kier alpha value is -1.82. The maximum absolute atomic E-state index is 12.4. The second-order valence-corrected chi connectivity index (χ2v) is 4.16. The second-order valence-electron chi connectivity index (χ2n) is 4.16. The topological polar surface area (TPSA) is 40.7 Å². The van der Waals surface area contributed by atoms with Crippen molar-refractivity contribution in [3.05, 3.63) is 53.6 Å². The van der Waals surface area contributed by atoms with Crippen LogP contribution in [0.15, 0.2) is 36.7 Å². The number of hydrogen-bond donors (Lipinski definition) is 2. The molecule has 0 unspecified atom stereocenters. The van der Waals surface area contributed by atoms with E-state index in [2.05, 4.69) is 15.3 Å². The van der Waals surface area contributed by atoms with Gasteiger partial charge in [0.05, 0.1) is 5.56 Å². The minimum Gasteiger partial charge on any atom is -0.349 e. The van der Waals surface area contributed by atoms with Crippen LogP contribution in [0.25, 0.3) is 0 Å². The van der Waals surface area contributed by atoms with Crippen LogP contribution in [0.5, 0.6) is 0 Å². The third-order valence-electron chi connectivity index (χ3n) is 2.70. The number of nitrogens with zero attached hydrogens (tertiary/aromatic N) is 1. The van der Waals surface area contributed by atoms with Crippen molar-refractivity contribution in [2.75, 3.05) is 6.54 Å². The summed E-state index contributed by atoms with van der Waals surface area (Å²) >= 11 is 0. The molecule has 0 aliphatic carbocycles. The molecule has 2 N–H and O–H groups in total. The number of alkyl halides is 3. The zero-order chi connectivity index (χ0) is 13.7. The fourth-order valence-electron chi connectivity index (χ4n) is 1.69. The lowest BCUT2D eigenvalue weighted by Crippen LogP contribution is -2.17. The molecular formula is C13H14F3N3. The summed E-state index contributed by atoms with van der Waals surface area (Å²) in [5.41, 5.74) is 0.208. The summed E-state index contributed by atoms with van der Waals surface area (Å²) in [5.74, 6) is 0.889. The Bertz CT molecular complexity index is 489. The Balaban J connectivity index is 1.77. The van der Waals surface area contributed by atoms with Crippen molar-refractivity contribution in [3.63, 3.8) is 0 Å². The van der Waals surface area contributed by atoms with Gasteiger partial charge in [-0.05, 0) is 17.7 Å². The number of H-pyrrole nitrogens is 1. The lowest BCUT2D eigenvalue weighted by atomic mass is 10.1. The van der Waals surface area contributed by atoms with Crippen LogP contribution in [0.4, 0.5) is 13.2 Å².